The van der Waals surface area contributed by atoms with Crippen LogP contribution in [0.1, 0.15) is 11.1 Å². The third-order valence-corrected chi connectivity index (χ3v) is 2.18. The lowest BCUT2D eigenvalue weighted by molar-refractivity contribution is -0.115. The van der Waals surface area contributed by atoms with Crippen LogP contribution in [0.15, 0.2) is 23.3 Å². The average molecular weight is 212 g/mol. The van der Waals surface area contributed by atoms with Gasteiger partial charge in [0.2, 0.25) is 5.91 Å². The van der Waals surface area contributed by atoms with E-state index in [9.17, 15) is 4.79 Å². The smallest absolute Gasteiger partial charge is 0.228 e. The van der Waals surface area contributed by atoms with Crippen LogP contribution >= 0.6 is 0 Å². The predicted octanol–water partition coefficient (Wildman–Crippen LogP) is 1.84. The Bertz CT molecular complexity index is 547. The highest BCUT2D eigenvalue weighted by molar-refractivity contribution is 5.99. The molecule has 1 N–H and O–H groups in total. The molecule has 0 fully saturated rings. The first kappa shape index (κ1) is 10.1. The highest BCUT2D eigenvalue weighted by atomic mass is 16.1. The summed E-state index contributed by atoms with van der Waals surface area (Å²) >= 11 is 0. The van der Waals surface area contributed by atoms with Crippen molar-refractivity contribution in [1.82, 2.24) is 0 Å². The maximum absolute atomic E-state index is 11.1. The summed E-state index contributed by atoms with van der Waals surface area (Å²) in [4.78, 5) is 13.7. The molecule has 0 bridgehead atoms. The van der Waals surface area contributed by atoms with Crippen LogP contribution in [0.4, 0.5) is 5.69 Å². The van der Waals surface area contributed by atoms with Crippen LogP contribution in [0.2, 0.25) is 0 Å². The topological polar surface area (TPSA) is 77.9 Å². The van der Waals surface area contributed by atoms with Crippen molar-refractivity contribution >= 4 is 11.6 Å². The van der Waals surface area contributed by atoms with Crippen molar-refractivity contribution in [2.75, 3.05) is 11.9 Å². The van der Waals surface area contributed by atoms with Crippen molar-refractivity contribution in [2.45, 2.75) is 6.42 Å². The van der Waals surface area contributed by atoms with Gasteiger partial charge in [-0.3, -0.25) is 4.79 Å². The van der Waals surface area contributed by atoms with Gasteiger partial charge in [-0.1, -0.05) is 17.0 Å². The summed E-state index contributed by atoms with van der Waals surface area (Å²) in [7, 11) is 0. The second-order valence-electron chi connectivity index (χ2n) is 3.29. The molecule has 1 aliphatic heterocycles. The molecule has 1 aromatic carbocycles. The van der Waals surface area contributed by atoms with E-state index in [1.165, 1.54) is 0 Å². The monoisotopic (exact) mass is 212 g/mol. The van der Waals surface area contributed by atoms with Gasteiger partial charge in [0.15, 0.2) is 0 Å². The minimum atomic E-state index is 0.00851. The molecule has 78 valence electrons. The summed E-state index contributed by atoms with van der Waals surface area (Å²) in [6, 6.07) is 5.53. The number of hydrogen-bond donors (Lipinski definition) is 1. The van der Waals surface area contributed by atoms with Crippen LogP contribution in [0.25, 0.3) is 10.4 Å². The zero-order valence-corrected chi connectivity index (χ0v) is 8.40. The molecule has 16 heavy (non-hydrogen) atoms. The minimum Gasteiger partial charge on any atom is -0.326 e. The van der Waals surface area contributed by atoms with Crippen molar-refractivity contribution in [3.8, 4) is 11.8 Å². The lowest BCUT2D eigenvalue weighted by atomic mass is 10.1. The summed E-state index contributed by atoms with van der Waals surface area (Å²) in [5, 5.41) is 6.06. The van der Waals surface area contributed by atoms with Gasteiger partial charge in [0.1, 0.15) is 0 Å². The second-order valence-corrected chi connectivity index (χ2v) is 3.29. The molecule has 0 aromatic heterocycles. The molecule has 0 saturated heterocycles. The normalized spacial score (nSPS) is 11.9. The first-order valence-corrected chi connectivity index (χ1v) is 4.72. The fraction of sp³-hybridized carbons (Fsp3) is 0.182. The number of carbonyl (C=O) groups excluding carboxylic acids is 1. The third kappa shape index (κ3) is 2.14. The van der Waals surface area contributed by atoms with Gasteiger partial charge in [-0.2, -0.15) is 0 Å². The molecule has 0 spiro atoms. The Morgan fingerprint density at radius 3 is 3.25 bits per heavy atom. The van der Waals surface area contributed by atoms with Gasteiger partial charge in [-0.15, -0.1) is 0 Å². The maximum Gasteiger partial charge on any atom is 0.228 e. The van der Waals surface area contributed by atoms with Crippen molar-refractivity contribution in [3.05, 3.63) is 39.8 Å². The Balaban J connectivity index is 2.18. The highest BCUT2D eigenvalue weighted by Gasteiger charge is 2.16. The molecular formula is C11H8N4O. The van der Waals surface area contributed by atoms with E-state index in [-0.39, 0.29) is 12.5 Å². The van der Waals surface area contributed by atoms with E-state index in [0.717, 1.165) is 16.8 Å². The van der Waals surface area contributed by atoms with E-state index in [1.807, 2.05) is 18.2 Å². The number of azide groups is 1. The van der Waals surface area contributed by atoms with E-state index in [0.29, 0.717) is 6.42 Å². The van der Waals surface area contributed by atoms with Gasteiger partial charge in [-0.25, -0.2) is 0 Å². The summed E-state index contributed by atoms with van der Waals surface area (Å²) in [6.07, 6.45) is 0.404. The van der Waals surface area contributed by atoms with E-state index < -0.39 is 0 Å². The minimum absolute atomic E-state index is 0.00851. The van der Waals surface area contributed by atoms with Crippen LogP contribution in [-0.4, -0.2) is 12.5 Å². The molecule has 5 nitrogen and oxygen atoms in total. The van der Waals surface area contributed by atoms with Gasteiger partial charge in [0.25, 0.3) is 0 Å². The molecule has 2 rings (SSSR count). The Morgan fingerprint density at radius 1 is 1.56 bits per heavy atom. The number of nitrogens with one attached hydrogen (secondary N) is 1. The van der Waals surface area contributed by atoms with Crippen LogP contribution in [0.3, 0.4) is 0 Å². The predicted molar refractivity (Wildman–Crippen MR) is 59.7 cm³/mol. The number of amides is 1. The van der Waals surface area contributed by atoms with Crippen molar-refractivity contribution in [3.63, 3.8) is 0 Å². The van der Waals surface area contributed by atoms with Crippen molar-refractivity contribution in [2.24, 2.45) is 5.11 Å². The number of carbonyl (C=O) groups is 1. The Morgan fingerprint density at radius 2 is 2.44 bits per heavy atom. The number of anilines is 1. The zero-order chi connectivity index (χ0) is 11.4. The average Bonchev–Trinajstić information content (AvgIpc) is 2.64. The summed E-state index contributed by atoms with van der Waals surface area (Å²) in [6.45, 7) is 0.158. The lowest BCUT2D eigenvalue weighted by Crippen LogP contribution is -2.03. The van der Waals surface area contributed by atoms with Gasteiger partial charge < -0.3 is 5.32 Å². The van der Waals surface area contributed by atoms with Crippen molar-refractivity contribution in [1.29, 1.82) is 0 Å². The second kappa shape index (κ2) is 4.39. The van der Waals surface area contributed by atoms with Crippen LogP contribution in [0.5, 0.6) is 0 Å². The zero-order valence-electron chi connectivity index (χ0n) is 8.40. The van der Waals surface area contributed by atoms with Crippen molar-refractivity contribution < 1.29 is 4.79 Å². The molecule has 0 saturated carbocycles. The molecule has 1 heterocycles. The molecular weight excluding hydrogens is 204 g/mol. The van der Waals surface area contributed by atoms with E-state index >= 15 is 0 Å². The molecule has 0 unspecified atom stereocenters. The number of rotatable bonds is 1. The summed E-state index contributed by atoms with van der Waals surface area (Å²) in [5.41, 5.74) is 10.7. The van der Waals surface area contributed by atoms with Gasteiger partial charge in [-0.05, 0) is 29.3 Å². The van der Waals surface area contributed by atoms with E-state index in [2.05, 4.69) is 27.2 Å². The Kier molecular flexibility index (Phi) is 2.77. The Labute approximate surface area is 92.1 Å². The molecule has 1 aliphatic rings. The quantitative estimate of drug-likeness (QED) is 0.328. The molecule has 1 aromatic rings. The number of nitrogens with zero attached hydrogens (tertiary/aromatic N) is 3. The highest BCUT2D eigenvalue weighted by Crippen LogP contribution is 2.23. The molecule has 0 atom stereocenters. The lowest BCUT2D eigenvalue weighted by Gasteiger charge is -1.97. The number of fused-ring (bicyclic) bond motifs is 1. The first-order chi connectivity index (χ1) is 7.79. The fourth-order valence-corrected chi connectivity index (χ4v) is 1.52. The largest absolute Gasteiger partial charge is 0.326 e. The van der Waals surface area contributed by atoms with E-state index in [1.54, 1.807) is 0 Å². The number of benzene rings is 1. The molecule has 5 heteroatoms. The van der Waals surface area contributed by atoms with Crippen LogP contribution < -0.4 is 5.32 Å². The van der Waals surface area contributed by atoms with Gasteiger partial charge in [0, 0.05) is 16.2 Å². The van der Waals surface area contributed by atoms with Crippen LogP contribution in [-0.2, 0) is 11.2 Å². The SMILES string of the molecule is [N-]=[N+]=NCC#Cc1ccc2c(c1)CC(=O)N2. The molecule has 1 amide bonds. The Hall–Kier alpha value is -2.44. The van der Waals surface area contributed by atoms with Crippen LogP contribution in [0, 0.1) is 11.8 Å². The molecule has 0 aliphatic carbocycles. The van der Waals surface area contributed by atoms with Gasteiger partial charge >= 0.3 is 0 Å². The standard InChI is InChI=1S/C11H8N4O/c12-15-13-5-1-2-8-3-4-10-9(6-8)7-11(16)14-10/h3-4,6H,5,7H2,(H,14,16). The number of hydrogen-bond acceptors (Lipinski definition) is 2. The summed E-state index contributed by atoms with van der Waals surface area (Å²) < 4.78 is 0. The third-order valence-electron chi connectivity index (χ3n) is 2.18. The van der Waals surface area contributed by atoms with E-state index in [4.69, 9.17) is 5.53 Å². The first-order valence-electron chi connectivity index (χ1n) is 4.72. The van der Waals surface area contributed by atoms with Gasteiger partial charge in [0.05, 0.1) is 13.0 Å². The maximum atomic E-state index is 11.1. The fourth-order valence-electron chi connectivity index (χ4n) is 1.52. The molecule has 0 radical (unpaired) electrons. The summed E-state index contributed by atoms with van der Waals surface area (Å²) in [5.74, 6) is 5.61.